The summed E-state index contributed by atoms with van der Waals surface area (Å²) in [5.41, 5.74) is 3.99. The van der Waals surface area contributed by atoms with Crippen molar-refractivity contribution < 1.29 is 4.39 Å². The Balaban J connectivity index is 1.46. The Labute approximate surface area is 181 Å². The van der Waals surface area contributed by atoms with Gasteiger partial charge in [-0.05, 0) is 36.2 Å². The zero-order chi connectivity index (χ0) is 21.5. The molecule has 0 bridgehead atoms. The Bertz CT molecular complexity index is 1370. The second-order valence-corrected chi connectivity index (χ2v) is 7.76. The summed E-state index contributed by atoms with van der Waals surface area (Å²) < 4.78 is 15.3. The van der Waals surface area contributed by atoms with Crippen LogP contribution in [0.4, 0.5) is 21.6 Å². The molecule has 8 nitrogen and oxygen atoms in total. The number of fused-ring (bicyclic) bond motifs is 2. The molecule has 0 amide bonds. The molecule has 5 heterocycles. The van der Waals surface area contributed by atoms with Crippen LogP contribution >= 0.6 is 11.6 Å². The average Bonchev–Trinajstić information content (AvgIpc) is 2.76. The average molecular weight is 438 g/mol. The number of anilines is 3. The van der Waals surface area contributed by atoms with Gasteiger partial charge in [-0.2, -0.15) is 8.91 Å². The van der Waals surface area contributed by atoms with E-state index in [9.17, 15) is 9.18 Å². The highest BCUT2D eigenvalue weighted by Crippen LogP contribution is 2.28. The second kappa shape index (κ2) is 7.59. The molecule has 1 aliphatic rings. The summed E-state index contributed by atoms with van der Waals surface area (Å²) in [6.45, 7) is 3.22. The van der Waals surface area contributed by atoms with E-state index in [0.29, 0.717) is 29.4 Å². The van der Waals surface area contributed by atoms with Crippen LogP contribution in [-0.4, -0.2) is 31.1 Å². The van der Waals surface area contributed by atoms with Gasteiger partial charge in [-0.15, -0.1) is 5.10 Å². The number of aryl methyl sites for hydroxylation is 1. The molecule has 4 aromatic heterocycles. The van der Waals surface area contributed by atoms with E-state index in [4.69, 9.17) is 11.6 Å². The Kier molecular flexibility index (Phi) is 4.74. The highest BCUT2D eigenvalue weighted by molar-refractivity contribution is 6.30. The monoisotopic (exact) mass is 437 g/mol. The van der Waals surface area contributed by atoms with Crippen molar-refractivity contribution >= 4 is 34.4 Å². The molecular formula is C21H17ClFN7O. The lowest BCUT2D eigenvalue weighted by atomic mass is 10.0. The van der Waals surface area contributed by atoms with Gasteiger partial charge in [0.25, 0.3) is 5.56 Å². The lowest BCUT2D eigenvalue weighted by Gasteiger charge is -2.30. The molecule has 1 N–H and O–H groups in total. The van der Waals surface area contributed by atoms with Crippen LogP contribution in [0.5, 0.6) is 0 Å². The number of rotatable bonds is 3. The molecule has 156 valence electrons. The first kappa shape index (κ1) is 19.4. The van der Waals surface area contributed by atoms with E-state index in [1.165, 1.54) is 29.0 Å². The van der Waals surface area contributed by atoms with Crippen molar-refractivity contribution in [3.63, 3.8) is 0 Å². The molecule has 0 aliphatic carbocycles. The number of nitrogens with zero attached hydrogens (tertiary/aromatic N) is 6. The van der Waals surface area contributed by atoms with E-state index < -0.39 is 5.95 Å². The number of nitrogens with one attached hydrogen (secondary N) is 1. The third-order valence-electron chi connectivity index (χ3n) is 5.17. The first-order valence-electron chi connectivity index (χ1n) is 9.64. The van der Waals surface area contributed by atoms with Crippen LogP contribution in [0.3, 0.4) is 0 Å². The number of aromatic nitrogens is 5. The molecule has 0 saturated heterocycles. The highest BCUT2D eigenvalue weighted by atomic mass is 35.5. The van der Waals surface area contributed by atoms with Crippen LogP contribution < -0.4 is 15.8 Å². The summed E-state index contributed by atoms with van der Waals surface area (Å²) in [6.07, 6.45) is 5.13. The summed E-state index contributed by atoms with van der Waals surface area (Å²) >= 11 is 5.93. The summed E-state index contributed by atoms with van der Waals surface area (Å²) in [5.74, 6) is 0.0792. The maximum atomic E-state index is 14.0. The van der Waals surface area contributed by atoms with Gasteiger partial charge in [0.1, 0.15) is 0 Å². The predicted molar refractivity (Wildman–Crippen MR) is 115 cm³/mol. The molecular weight excluding hydrogens is 421 g/mol. The van der Waals surface area contributed by atoms with Gasteiger partial charge in [0, 0.05) is 43.7 Å². The van der Waals surface area contributed by atoms with Crippen LogP contribution in [0.25, 0.3) is 5.65 Å². The van der Waals surface area contributed by atoms with Gasteiger partial charge in [0.15, 0.2) is 11.5 Å². The third kappa shape index (κ3) is 3.68. The minimum absolute atomic E-state index is 0.181. The minimum atomic E-state index is -0.640. The van der Waals surface area contributed by atoms with Gasteiger partial charge in [-0.3, -0.25) is 9.78 Å². The molecule has 5 rings (SSSR count). The van der Waals surface area contributed by atoms with Crippen molar-refractivity contribution in [2.75, 3.05) is 16.8 Å². The van der Waals surface area contributed by atoms with Crippen molar-refractivity contribution in [3.05, 3.63) is 81.0 Å². The standard InChI is InChI=1S/C21H17ClFN7O/c1-12-6-18-24-4-2-19(31)30(18)28-21(12)29-5-3-16-13(11-29)7-15(10-25-16)27-17-8-14(22)9-26-20(17)23/h2,4,6-10,27H,3,5,11H2,1H3. The first-order valence-corrected chi connectivity index (χ1v) is 10.0. The zero-order valence-corrected chi connectivity index (χ0v) is 17.3. The van der Waals surface area contributed by atoms with Crippen molar-refractivity contribution in [2.45, 2.75) is 19.9 Å². The van der Waals surface area contributed by atoms with Crippen LogP contribution in [0.15, 0.2) is 47.7 Å². The summed E-state index contributed by atoms with van der Waals surface area (Å²) in [4.78, 5) is 26.6. The Morgan fingerprint density at radius 1 is 1.16 bits per heavy atom. The van der Waals surface area contributed by atoms with E-state index in [1.807, 2.05) is 19.1 Å². The van der Waals surface area contributed by atoms with Crippen molar-refractivity contribution in [1.82, 2.24) is 24.6 Å². The number of pyridine rings is 2. The van der Waals surface area contributed by atoms with E-state index in [2.05, 4.69) is 30.3 Å². The largest absolute Gasteiger partial charge is 0.350 e. The van der Waals surface area contributed by atoms with Gasteiger partial charge >= 0.3 is 0 Å². The summed E-state index contributed by atoms with van der Waals surface area (Å²) in [5, 5.41) is 7.87. The zero-order valence-electron chi connectivity index (χ0n) is 16.5. The van der Waals surface area contributed by atoms with E-state index >= 15 is 0 Å². The number of halogens is 2. The molecule has 0 aromatic carbocycles. The van der Waals surface area contributed by atoms with E-state index in [-0.39, 0.29) is 11.2 Å². The molecule has 0 saturated carbocycles. The van der Waals surface area contributed by atoms with E-state index in [1.54, 1.807) is 6.20 Å². The lowest BCUT2D eigenvalue weighted by Crippen LogP contribution is -2.33. The van der Waals surface area contributed by atoms with Gasteiger partial charge in [0.2, 0.25) is 5.95 Å². The molecule has 4 aromatic rings. The molecule has 10 heteroatoms. The number of hydrogen-bond acceptors (Lipinski definition) is 7. The molecule has 0 unspecified atom stereocenters. The van der Waals surface area contributed by atoms with Gasteiger partial charge in [-0.25, -0.2) is 9.97 Å². The molecule has 0 radical (unpaired) electrons. The molecule has 0 spiro atoms. The van der Waals surface area contributed by atoms with Crippen molar-refractivity contribution in [3.8, 4) is 0 Å². The third-order valence-corrected chi connectivity index (χ3v) is 5.37. The van der Waals surface area contributed by atoms with Crippen LogP contribution in [-0.2, 0) is 13.0 Å². The summed E-state index contributed by atoms with van der Waals surface area (Å²) in [6, 6.07) is 6.64. The quantitative estimate of drug-likeness (QED) is 0.492. The first-order chi connectivity index (χ1) is 15.0. The molecule has 0 fully saturated rings. The van der Waals surface area contributed by atoms with E-state index in [0.717, 1.165) is 29.1 Å². The maximum Gasteiger partial charge on any atom is 0.274 e. The van der Waals surface area contributed by atoms with Gasteiger partial charge in [0.05, 0.1) is 22.6 Å². The predicted octanol–water partition coefficient (Wildman–Crippen LogP) is 3.29. The molecule has 0 atom stereocenters. The smallest absolute Gasteiger partial charge is 0.274 e. The fourth-order valence-electron chi connectivity index (χ4n) is 3.70. The van der Waals surface area contributed by atoms with Crippen molar-refractivity contribution in [1.29, 1.82) is 0 Å². The number of hydrogen-bond donors (Lipinski definition) is 1. The van der Waals surface area contributed by atoms with Crippen LogP contribution in [0.1, 0.15) is 16.8 Å². The highest BCUT2D eigenvalue weighted by Gasteiger charge is 2.21. The lowest BCUT2D eigenvalue weighted by molar-refractivity contribution is 0.588. The Morgan fingerprint density at radius 3 is 2.90 bits per heavy atom. The van der Waals surface area contributed by atoms with Crippen LogP contribution in [0, 0.1) is 12.9 Å². The normalized spacial score (nSPS) is 13.3. The molecule has 1 aliphatic heterocycles. The minimum Gasteiger partial charge on any atom is -0.350 e. The summed E-state index contributed by atoms with van der Waals surface area (Å²) in [7, 11) is 0. The Morgan fingerprint density at radius 2 is 2.03 bits per heavy atom. The Hall–Kier alpha value is -3.59. The van der Waals surface area contributed by atoms with Crippen molar-refractivity contribution in [2.24, 2.45) is 0 Å². The van der Waals surface area contributed by atoms with Gasteiger partial charge in [-0.1, -0.05) is 11.6 Å². The second-order valence-electron chi connectivity index (χ2n) is 7.32. The van der Waals surface area contributed by atoms with Gasteiger partial charge < -0.3 is 10.2 Å². The SMILES string of the molecule is Cc1cc2nccc(=O)n2nc1N1CCc2ncc(Nc3cc(Cl)cnc3F)cc2C1. The molecule has 31 heavy (non-hydrogen) atoms. The maximum absolute atomic E-state index is 14.0. The fourth-order valence-corrected chi connectivity index (χ4v) is 3.86. The van der Waals surface area contributed by atoms with Crippen LogP contribution in [0.2, 0.25) is 5.02 Å². The topological polar surface area (TPSA) is 88.3 Å². The fraction of sp³-hybridized carbons (Fsp3) is 0.190.